The molecule has 0 bridgehead atoms. The molecule has 0 spiro atoms. The third-order valence-corrected chi connectivity index (χ3v) is 6.44. The SMILES string of the molecule is COc1ccc(/C=C(\C#N)S(=O)(=O)c2cc(Br)ccc2Br)cc1OC. The number of hydrogen-bond acceptors (Lipinski definition) is 5. The Balaban J connectivity index is 2.57. The first-order valence-electron chi connectivity index (χ1n) is 6.87. The highest BCUT2D eigenvalue weighted by Gasteiger charge is 2.24. The molecule has 25 heavy (non-hydrogen) atoms. The molecule has 5 nitrogen and oxygen atoms in total. The van der Waals surface area contributed by atoms with Gasteiger partial charge in [-0.25, -0.2) is 8.42 Å². The van der Waals surface area contributed by atoms with E-state index < -0.39 is 9.84 Å². The van der Waals surface area contributed by atoms with Gasteiger partial charge in [0.2, 0.25) is 9.84 Å². The lowest BCUT2D eigenvalue weighted by Crippen LogP contribution is -2.04. The van der Waals surface area contributed by atoms with Crippen LogP contribution >= 0.6 is 31.9 Å². The van der Waals surface area contributed by atoms with Crippen LogP contribution in [-0.4, -0.2) is 22.6 Å². The lowest BCUT2D eigenvalue weighted by atomic mass is 10.2. The predicted octanol–water partition coefficient (Wildman–Crippen LogP) is 4.57. The van der Waals surface area contributed by atoms with Gasteiger partial charge >= 0.3 is 0 Å². The highest BCUT2D eigenvalue weighted by Crippen LogP contribution is 2.32. The monoisotopic (exact) mass is 485 g/mol. The minimum Gasteiger partial charge on any atom is -0.493 e. The number of hydrogen-bond donors (Lipinski definition) is 0. The number of benzene rings is 2. The lowest BCUT2D eigenvalue weighted by molar-refractivity contribution is 0.355. The van der Waals surface area contributed by atoms with Crippen LogP contribution in [0, 0.1) is 11.3 Å². The standard InChI is InChI=1S/C17H13Br2NO4S/c1-23-15-6-3-11(8-16(15)24-2)7-13(10-20)25(21,22)17-9-12(18)4-5-14(17)19/h3-9H,1-2H3/b13-7+. The van der Waals surface area contributed by atoms with E-state index in [1.807, 2.05) is 0 Å². The molecule has 2 aromatic rings. The molecule has 0 aliphatic rings. The topological polar surface area (TPSA) is 76.4 Å². The summed E-state index contributed by atoms with van der Waals surface area (Å²) < 4.78 is 37.0. The van der Waals surface area contributed by atoms with Gasteiger partial charge in [-0.1, -0.05) is 22.0 Å². The Morgan fingerprint density at radius 3 is 2.36 bits per heavy atom. The molecular weight excluding hydrogens is 474 g/mol. The summed E-state index contributed by atoms with van der Waals surface area (Å²) in [5, 5.41) is 9.39. The largest absolute Gasteiger partial charge is 0.493 e. The maximum Gasteiger partial charge on any atom is 0.217 e. The van der Waals surface area contributed by atoms with Crippen LogP contribution in [0.2, 0.25) is 0 Å². The number of halogens is 2. The molecular formula is C17H13Br2NO4S. The zero-order chi connectivity index (χ0) is 18.6. The molecule has 0 atom stereocenters. The predicted molar refractivity (Wildman–Crippen MR) is 102 cm³/mol. The van der Waals surface area contributed by atoms with Gasteiger partial charge in [0.15, 0.2) is 11.5 Å². The molecule has 0 aliphatic heterocycles. The van der Waals surface area contributed by atoms with Crippen LogP contribution in [0.4, 0.5) is 0 Å². The second kappa shape index (κ2) is 8.04. The van der Waals surface area contributed by atoms with Crippen LogP contribution in [-0.2, 0) is 9.84 Å². The molecule has 8 heteroatoms. The Hall–Kier alpha value is -1.82. The number of rotatable bonds is 5. The van der Waals surface area contributed by atoms with Gasteiger partial charge < -0.3 is 9.47 Å². The highest BCUT2D eigenvalue weighted by atomic mass is 79.9. The molecule has 0 aromatic heterocycles. The summed E-state index contributed by atoms with van der Waals surface area (Å²) in [6.45, 7) is 0. The van der Waals surface area contributed by atoms with Crippen molar-refractivity contribution in [2.24, 2.45) is 0 Å². The average molecular weight is 487 g/mol. The maximum absolute atomic E-state index is 12.8. The summed E-state index contributed by atoms with van der Waals surface area (Å²) in [7, 11) is -1.01. The van der Waals surface area contributed by atoms with Crippen molar-refractivity contribution in [1.29, 1.82) is 5.26 Å². The fourth-order valence-corrected chi connectivity index (χ4v) is 4.72. The Labute approximate surface area is 163 Å². The minimum absolute atomic E-state index is 0.00940. The number of allylic oxidation sites excluding steroid dienone is 1. The highest BCUT2D eigenvalue weighted by molar-refractivity contribution is 9.11. The third kappa shape index (κ3) is 4.24. The van der Waals surface area contributed by atoms with Crippen molar-refractivity contribution in [3.63, 3.8) is 0 Å². The van der Waals surface area contributed by atoms with Gasteiger partial charge in [-0.2, -0.15) is 5.26 Å². The first kappa shape index (κ1) is 19.5. The smallest absolute Gasteiger partial charge is 0.217 e. The summed E-state index contributed by atoms with van der Waals surface area (Å²) in [4.78, 5) is -0.367. The minimum atomic E-state index is -3.99. The number of sulfone groups is 1. The van der Waals surface area contributed by atoms with E-state index in [1.54, 1.807) is 36.4 Å². The van der Waals surface area contributed by atoms with E-state index >= 15 is 0 Å². The van der Waals surface area contributed by atoms with Crippen molar-refractivity contribution in [1.82, 2.24) is 0 Å². The van der Waals surface area contributed by atoms with Crippen LogP contribution in [0.1, 0.15) is 5.56 Å². The number of nitrogens with zero attached hydrogens (tertiary/aromatic N) is 1. The molecule has 0 aliphatic carbocycles. The average Bonchev–Trinajstić information content (AvgIpc) is 2.61. The molecule has 2 aromatic carbocycles. The van der Waals surface area contributed by atoms with Crippen LogP contribution in [0.5, 0.6) is 11.5 Å². The quantitative estimate of drug-likeness (QED) is 0.578. The first-order chi connectivity index (χ1) is 11.8. The molecule has 0 amide bonds. The zero-order valence-electron chi connectivity index (χ0n) is 13.3. The second-order valence-electron chi connectivity index (χ2n) is 4.81. The van der Waals surface area contributed by atoms with Gasteiger partial charge in [0.25, 0.3) is 0 Å². The molecule has 0 heterocycles. The Kier molecular flexibility index (Phi) is 6.27. The molecule has 0 saturated carbocycles. The zero-order valence-corrected chi connectivity index (χ0v) is 17.3. The van der Waals surface area contributed by atoms with Gasteiger partial charge in [-0.05, 0) is 57.9 Å². The van der Waals surface area contributed by atoms with E-state index in [0.29, 0.717) is 26.0 Å². The van der Waals surface area contributed by atoms with Crippen molar-refractivity contribution >= 4 is 47.8 Å². The Morgan fingerprint density at radius 1 is 1.08 bits per heavy atom. The van der Waals surface area contributed by atoms with E-state index in [2.05, 4.69) is 31.9 Å². The Bertz CT molecular complexity index is 979. The number of nitriles is 1. The second-order valence-corrected chi connectivity index (χ2v) is 8.47. The van der Waals surface area contributed by atoms with Gasteiger partial charge in [0.05, 0.1) is 19.1 Å². The fraction of sp³-hybridized carbons (Fsp3) is 0.118. The Morgan fingerprint density at radius 2 is 1.76 bits per heavy atom. The molecule has 130 valence electrons. The summed E-state index contributed by atoms with van der Waals surface area (Å²) in [6, 6.07) is 11.4. The molecule has 0 fully saturated rings. The van der Waals surface area contributed by atoms with Crippen molar-refractivity contribution in [2.45, 2.75) is 4.90 Å². The van der Waals surface area contributed by atoms with Crippen LogP contribution in [0.3, 0.4) is 0 Å². The van der Waals surface area contributed by atoms with Crippen LogP contribution in [0.25, 0.3) is 6.08 Å². The lowest BCUT2D eigenvalue weighted by Gasteiger charge is -2.09. The maximum atomic E-state index is 12.8. The molecule has 2 rings (SSSR count). The summed E-state index contributed by atoms with van der Waals surface area (Å²) in [6.07, 6.45) is 1.30. The molecule has 0 unspecified atom stereocenters. The van der Waals surface area contributed by atoms with E-state index in [4.69, 9.17) is 9.47 Å². The third-order valence-electron chi connectivity index (χ3n) is 3.29. The number of methoxy groups -OCH3 is 2. The van der Waals surface area contributed by atoms with E-state index in [1.165, 1.54) is 26.4 Å². The van der Waals surface area contributed by atoms with Gasteiger partial charge in [-0.15, -0.1) is 0 Å². The first-order valence-corrected chi connectivity index (χ1v) is 9.94. The number of ether oxygens (including phenoxy) is 2. The van der Waals surface area contributed by atoms with E-state index in [9.17, 15) is 13.7 Å². The molecule has 0 N–H and O–H groups in total. The van der Waals surface area contributed by atoms with Crippen molar-refractivity contribution < 1.29 is 17.9 Å². The summed E-state index contributed by atoms with van der Waals surface area (Å²) >= 11 is 6.46. The normalized spacial score (nSPS) is 11.7. The molecule has 0 saturated heterocycles. The summed E-state index contributed by atoms with van der Waals surface area (Å²) in [5.74, 6) is 0.949. The van der Waals surface area contributed by atoms with E-state index in [-0.39, 0.29) is 9.80 Å². The fourth-order valence-electron chi connectivity index (χ4n) is 2.07. The van der Waals surface area contributed by atoms with Gasteiger partial charge in [0, 0.05) is 8.95 Å². The van der Waals surface area contributed by atoms with Crippen molar-refractivity contribution in [3.05, 3.63) is 55.8 Å². The molecule has 0 radical (unpaired) electrons. The van der Waals surface area contributed by atoms with E-state index in [0.717, 1.165) is 0 Å². The van der Waals surface area contributed by atoms with Crippen LogP contribution < -0.4 is 9.47 Å². The summed E-state index contributed by atoms with van der Waals surface area (Å²) in [5.41, 5.74) is 0.504. The van der Waals surface area contributed by atoms with Crippen LogP contribution in [0.15, 0.2) is 55.1 Å². The van der Waals surface area contributed by atoms with Crippen molar-refractivity contribution in [2.75, 3.05) is 14.2 Å². The van der Waals surface area contributed by atoms with Gasteiger partial charge in [0.1, 0.15) is 11.0 Å². The van der Waals surface area contributed by atoms with Crippen molar-refractivity contribution in [3.8, 4) is 17.6 Å². The van der Waals surface area contributed by atoms with Gasteiger partial charge in [-0.3, -0.25) is 0 Å².